The van der Waals surface area contributed by atoms with Crippen molar-refractivity contribution in [1.82, 2.24) is 9.36 Å². The summed E-state index contributed by atoms with van der Waals surface area (Å²) < 4.78 is 5.39. The number of hydrogen-bond donors (Lipinski definition) is 1. The van der Waals surface area contributed by atoms with Gasteiger partial charge in [-0.1, -0.05) is 0 Å². The van der Waals surface area contributed by atoms with Crippen molar-refractivity contribution in [2.45, 2.75) is 13.5 Å². The number of aryl methyl sites for hydroxylation is 1. The zero-order valence-electron chi connectivity index (χ0n) is 9.30. The van der Waals surface area contributed by atoms with Gasteiger partial charge in [-0.3, -0.25) is 0 Å². The predicted octanol–water partition coefficient (Wildman–Crippen LogP) is 3.67. The van der Waals surface area contributed by atoms with Gasteiger partial charge in [0, 0.05) is 28.3 Å². The highest BCUT2D eigenvalue weighted by molar-refractivity contribution is 7.13. The molecule has 5 heteroatoms. The molecular formula is C12H11N3S2. The fraction of sp³-hybridized carbons (Fsp3) is 0.167. The maximum atomic E-state index is 4.33. The Kier molecular flexibility index (Phi) is 2.78. The van der Waals surface area contributed by atoms with Crippen molar-refractivity contribution < 1.29 is 0 Å². The number of nitrogens with one attached hydrogen (secondary N) is 1. The fourth-order valence-corrected chi connectivity index (χ4v) is 3.00. The van der Waals surface area contributed by atoms with E-state index in [-0.39, 0.29) is 0 Å². The summed E-state index contributed by atoms with van der Waals surface area (Å²) in [6, 6.07) is 6.31. The number of rotatable bonds is 3. The molecule has 0 fully saturated rings. The summed E-state index contributed by atoms with van der Waals surface area (Å²) in [4.78, 5) is 5.58. The number of anilines is 1. The van der Waals surface area contributed by atoms with Gasteiger partial charge in [-0.05, 0) is 36.7 Å². The molecule has 0 unspecified atom stereocenters. The van der Waals surface area contributed by atoms with E-state index in [1.54, 1.807) is 11.3 Å². The van der Waals surface area contributed by atoms with Gasteiger partial charge in [-0.15, -0.1) is 11.3 Å². The normalized spacial score (nSPS) is 10.9. The molecule has 0 aliphatic rings. The van der Waals surface area contributed by atoms with Gasteiger partial charge in [0.25, 0.3) is 0 Å². The second kappa shape index (κ2) is 4.43. The third-order valence-corrected chi connectivity index (χ3v) is 4.16. The van der Waals surface area contributed by atoms with Crippen LogP contribution in [0.15, 0.2) is 30.6 Å². The van der Waals surface area contributed by atoms with Crippen molar-refractivity contribution >= 4 is 38.6 Å². The minimum Gasteiger partial charge on any atom is -0.379 e. The number of thiazole rings is 1. The van der Waals surface area contributed by atoms with Crippen LogP contribution in [0, 0.1) is 6.92 Å². The monoisotopic (exact) mass is 261 g/mol. The Bertz CT molecular complexity index is 642. The van der Waals surface area contributed by atoms with Gasteiger partial charge in [0.05, 0.1) is 11.2 Å². The highest BCUT2D eigenvalue weighted by Crippen LogP contribution is 2.22. The first-order valence-electron chi connectivity index (χ1n) is 5.31. The lowest BCUT2D eigenvalue weighted by Gasteiger charge is -2.03. The van der Waals surface area contributed by atoms with Gasteiger partial charge in [0.15, 0.2) is 0 Å². The molecule has 1 N–H and O–H groups in total. The number of benzene rings is 1. The lowest BCUT2D eigenvalue weighted by atomic mass is 10.2. The zero-order chi connectivity index (χ0) is 11.7. The van der Waals surface area contributed by atoms with Crippen molar-refractivity contribution in [3.05, 3.63) is 40.5 Å². The molecular weight excluding hydrogens is 250 g/mol. The van der Waals surface area contributed by atoms with Crippen molar-refractivity contribution in [1.29, 1.82) is 0 Å². The molecule has 0 aliphatic carbocycles. The lowest BCUT2D eigenvalue weighted by Crippen LogP contribution is -1.98. The summed E-state index contributed by atoms with van der Waals surface area (Å²) >= 11 is 3.25. The van der Waals surface area contributed by atoms with Gasteiger partial charge >= 0.3 is 0 Å². The smallest absolute Gasteiger partial charge is 0.112 e. The van der Waals surface area contributed by atoms with Gasteiger partial charge in [-0.25, -0.2) is 4.98 Å². The van der Waals surface area contributed by atoms with Crippen LogP contribution in [0.4, 0.5) is 5.69 Å². The molecule has 86 valence electrons. The molecule has 0 bridgehead atoms. The number of fused-ring (bicyclic) bond motifs is 1. The van der Waals surface area contributed by atoms with Crippen molar-refractivity contribution in [2.24, 2.45) is 0 Å². The number of nitrogens with zero attached hydrogens (tertiary/aromatic N) is 2. The fourth-order valence-electron chi connectivity index (χ4n) is 1.64. The molecule has 3 aromatic rings. The van der Waals surface area contributed by atoms with Gasteiger partial charge < -0.3 is 5.32 Å². The molecule has 0 radical (unpaired) electrons. The quantitative estimate of drug-likeness (QED) is 0.781. The largest absolute Gasteiger partial charge is 0.379 e. The second-order valence-corrected chi connectivity index (χ2v) is 5.95. The molecule has 0 aliphatic heterocycles. The molecule has 0 atom stereocenters. The van der Waals surface area contributed by atoms with Crippen LogP contribution in [-0.4, -0.2) is 9.36 Å². The van der Waals surface area contributed by atoms with E-state index >= 15 is 0 Å². The standard InChI is InChI=1S/C12H11N3S2/c1-8-5-14-12(16-8)7-13-10-2-3-11-9(4-10)6-15-17-11/h2-6,13H,7H2,1H3. The molecule has 2 aromatic heterocycles. The Balaban J connectivity index is 1.76. The summed E-state index contributed by atoms with van der Waals surface area (Å²) in [5.74, 6) is 0. The van der Waals surface area contributed by atoms with E-state index in [1.807, 2.05) is 12.4 Å². The Morgan fingerprint density at radius 3 is 3.06 bits per heavy atom. The third kappa shape index (κ3) is 2.30. The average molecular weight is 261 g/mol. The Labute approximate surface area is 107 Å². The van der Waals surface area contributed by atoms with Crippen LogP contribution in [0.2, 0.25) is 0 Å². The number of aromatic nitrogens is 2. The summed E-state index contributed by atoms with van der Waals surface area (Å²) in [6.07, 6.45) is 3.81. The molecule has 17 heavy (non-hydrogen) atoms. The van der Waals surface area contributed by atoms with Crippen LogP contribution in [0.3, 0.4) is 0 Å². The molecule has 3 nitrogen and oxygen atoms in total. The summed E-state index contributed by atoms with van der Waals surface area (Å²) in [5, 5.41) is 5.69. The van der Waals surface area contributed by atoms with Crippen LogP contribution in [-0.2, 0) is 6.54 Å². The third-order valence-electron chi connectivity index (χ3n) is 2.47. The van der Waals surface area contributed by atoms with Gasteiger partial charge in [0.2, 0.25) is 0 Å². The molecule has 0 saturated heterocycles. The molecule has 1 aromatic carbocycles. The molecule has 2 heterocycles. The van der Waals surface area contributed by atoms with Crippen molar-refractivity contribution in [3.63, 3.8) is 0 Å². The lowest BCUT2D eigenvalue weighted by molar-refractivity contribution is 1.10. The van der Waals surface area contributed by atoms with Crippen LogP contribution in [0.25, 0.3) is 10.1 Å². The highest BCUT2D eigenvalue weighted by Gasteiger charge is 2.00. The Morgan fingerprint density at radius 2 is 2.24 bits per heavy atom. The van der Waals surface area contributed by atoms with Crippen LogP contribution >= 0.6 is 22.9 Å². The van der Waals surface area contributed by atoms with E-state index in [2.05, 4.69) is 39.8 Å². The van der Waals surface area contributed by atoms with Gasteiger partial charge in [-0.2, -0.15) is 4.37 Å². The summed E-state index contributed by atoms with van der Waals surface area (Å²) in [7, 11) is 0. The maximum Gasteiger partial charge on any atom is 0.112 e. The average Bonchev–Trinajstić information content (AvgIpc) is 2.94. The molecule has 0 spiro atoms. The SMILES string of the molecule is Cc1cnc(CNc2ccc3sncc3c2)s1. The van der Waals surface area contributed by atoms with E-state index in [0.29, 0.717) is 0 Å². The first kappa shape index (κ1) is 10.7. The first-order chi connectivity index (χ1) is 8.31. The topological polar surface area (TPSA) is 37.8 Å². The first-order valence-corrected chi connectivity index (χ1v) is 6.90. The molecule has 0 saturated carbocycles. The van der Waals surface area contributed by atoms with E-state index in [0.717, 1.165) is 17.2 Å². The molecule has 3 rings (SSSR count). The van der Waals surface area contributed by atoms with E-state index in [1.165, 1.54) is 26.5 Å². The Hall–Kier alpha value is -1.46. The molecule has 0 amide bonds. The van der Waals surface area contributed by atoms with Crippen LogP contribution < -0.4 is 5.32 Å². The van der Waals surface area contributed by atoms with Crippen molar-refractivity contribution in [3.8, 4) is 0 Å². The second-order valence-electron chi connectivity index (χ2n) is 3.80. The number of hydrogen-bond acceptors (Lipinski definition) is 5. The maximum absolute atomic E-state index is 4.33. The van der Waals surface area contributed by atoms with Gasteiger partial charge in [0.1, 0.15) is 5.01 Å². The zero-order valence-corrected chi connectivity index (χ0v) is 10.9. The minimum atomic E-state index is 0.779. The minimum absolute atomic E-state index is 0.779. The Morgan fingerprint density at radius 1 is 1.29 bits per heavy atom. The van der Waals surface area contributed by atoms with Crippen LogP contribution in [0.1, 0.15) is 9.88 Å². The highest BCUT2D eigenvalue weighted by atomic mass is 32.1. The van der Waals surface area contributed by atoms with E-state index < -0.39 is 0 Å². The summed E-state index contributed by atoms with van der Waals surface area (Å²) in [5.41, 5.74) is 1.12. The van der Waals surface area contributed by atoms with E-state index in [4.69, 9.17) is 0 Å². The summed E-state index contributed by atoms with van der Waals surface area (Å²) in [6.45, 7) is 2.85. The predicted molar refractivity (Wildman–Crippen MR) is 73.8 cm³/mol. The van der Waals surface area contributed by atoms with Crippen LogP contribution in [0.5, 0.6) is 0 Å². The van der Waals surface area contributed by atoms with E-state index in [9.17, 15) is 0 Å². The van der Waals surface area contributed by atoms with Crippen molar-refractivity contribution in [2.75, 3.05) is 5.32 Å².